The van der Waals surface area contributed by atoms with Crippen molar-refractivity contribution >= 4 is 5.69 Å². The van der Waals surface area contributed by atoms with Gasteiger partial charge in [0.05, 0.1) is 18.1 Å². The van der Waals surface area contributed by atoms with Gasteiger partial charge in [-0.3, -0.25) is 4.57 Å². The van der Waals surface area contributed by atoms with E-state index in [0.29, 0.717) is 5.69 Å². The summed E-state index contributed by atoms with van der Waals surface area (Å²) in [4.78, 5) is 12.4. The Kier molecular flexibility index (Phi) is 2.49. The first kappa shape index (κ1) is 10.5. The zero-order valence-corrected chi connectivity index (χ0v) is 9.56. The average molecular weight is 237 g/mol. The van der Waals surface area contributed by atoms with Crippen LogP contribution in [0.4, 0.5) is 5.69 Å². The first-order valence-corrected chi connectivity index (χ1v) is 5.49. The third-order valence-electron chi connectivity index (χ3n) is 2.61. The molecular formula is C13H11N5. The Hall–Kier alpha value is -2.69. The van der Waals surface area contributed by atoms with Crippen LogP contribution in [-0.2, 0) is 0 Å². The van der Waals surface area contributed by atoms with Gasteiger partial charge in [0, 0.05) is 23.6 Å². The normalized spacial score (nSPS) is 10.4. The molecule has 0 aliphatic heterocycles. The molecule has 18 heavy (non-hydrogen) atoms. The standard InChI is InChI=1S/C13H11N5/c14-11-3-1-2-10(6-11)13-17-4-5-18(13)12-7-15-9-16-8-12/h1-9H,14H2. The van der Waals surface area contributed by atoms with E-state index in [2.05, 4.69) is 15.0 Å². The smallest absolute Gasteiger partial charge is 0.144 e. The molecular weight excluding hydrogens is 226 g/mol. The van der Waals surface area contributed by atoms with Crippen molar-refractivity contribution in [1.29, 1.82) is 0 Å². The zero-order valence-electron chi connectivity index (χ0n) is 9.56. The minimum Gasteiger partial charge on any atom is -0.399 e. The molecule has 3 rings (SSSR count). The molecule has 0 aliphatic carbocycles. The molecule has 0 spiro atoms. The van der Waals surface area contributed by atoms with Gasteiger partial charge in [0.25, 0.3) is 0 Å². The Bertz CT molecular complexity index is 660. The molecule has 0 radical (unpaired) electrons. The fourth-order valence-electron chi connectivity index (χ4n) is 1.82. The highest BCUT2D eigenvalue weighted by atomic mass is 15.1. The van der Waals surface area contributed by atoms with Crippen LogP contribution in [0, 0.1) is 0 Å². The van der Waals surface area contributed by atoms with Crippen molar-refractivity contribution in [3.05, 3.63) is 55.4 Å². The Morgan fingerprint density at radius 2 is 1.94 bits per heavy atom. The molecule has 2 N–H and O–H groups in total. The number of nitrogen functional groups attached to an aromatic ring is 1. The molecule has 0 unspecified atom stereocenters. The lowest BCUT2D eigenvalue weighted by Crippen LogP contribution is -1.98. The van der Waals surface area contributed by atoms with Gasteiger partial charge in [0.1, 0.15) is 12.2 Å². The van der Waals surface area contributed by atoms with E-state index in [9.17, 15) is 0 Å². The summed E-state index contributed by atoms with van der Waals surface area (Å²) in [5.41, 5.74) is 8.34. The number of hydrogen-bond donors (Lipinski definition) is 1. The highest BCUT2D eigenvalue weighted by molar-refractivity contribution is 5.63. The van der Waals surface area contributed by atoms with Crippen molar-refractivity contribution in [2.75, 3.05) is 5.73 Å². The Morgan fingerprint density at radius 3 is 2.72 bits per heavy atom. The molecule has 0 saturated carbocycles. The van der Waals surface area contributed by atoms with Crippen LogP contribution in [0.2, 0.25) is 0 Å². The van der Waals surface area contributed by atoms with Crippen molar-refractivity contribution in [2.45, 2.75) is 0 Å². The van der Waals surface area contributed by atoms with Crippen LogP contribution in [0.5, 0.6) is 0 Å². The summed E-state index contributed by atoms with van der Waals surface area (Å²) in [5.74, 6) is 0.817. The van der Waals surface area contributed by atoms with Crippen LogP contribution in [-0.4, -0.2) is 19.5 Å². The molecule has 5 heteroatoms. The number of hydrogen-bond acceptors (Lipinski definition) is 4. The maximum absolute atomic E-state index is 5.79. The predicted octanol–water partition coefficient (Wildman–Crippen LogP) is 1.91. The fourth-order valence-corrected chi connectivity index (χ4v) is 1.82. The SMILES string of the molecule is Nc1cccc(-c2nccn2-c2cncnc2)c1. The van der Waals surface area contributed by atoms with Crippen LogP contribution in [0.25, 0.3) is 17.1 Å². The largest absolute Gasteiger partial charge is 0.399 e. The summed E-state index contributed by atoms with van der Waals surface area (Å²) in [6, 6.07) is 7.62. The number of imidazole rings is 1. The predicted molar refractivity (Wildman–Crippen MR) is 69.0 cm³/mol. The van der Waals surface area contributed by atoms with Gasteiger partial charge in [-0.05, 0) is 12.1 Å². The van der Waals surface area contributed by atoms with E-state index in [-0.39, 0.29) is 0 Å². The maximum atomic E-state index is 5.79. The Balaban J connectivity index is 2.13. The monoisotopic (exact) mass is 237 g/mol. The molecule has 0 atom stereocenters. The van der Waals surface area contributed by atoms with Crippen molar-refractivity contribution in [2.24, 2.45) is 0 Å². The molecule has 0 bridgehead atoms. The average Bonchev–Trinajstić information content (AvgIpc) is 2.89. The molecule has 0 fully saturated rings. The van der Waals surface area contributed by atoms with E-state index in [0.717, 1.165) is 17.1 Å². The molecule has 5 nitrogen and oxygen atoms in total. The van der Waals surface area contributed by atoms with Gasteiger partial charge >= 0.3 is 0 Å². The molecule has 1 aromatic carbocycles. The van der Waals surface area contributed by atoms with E-state index in [4.69, 9.17) is 5.73 Å². The second kappa shape index (κ2) is 4.29. The van der Waals surface area contributed by atoms with Crippen molar-refractivity contribution in [3.63, 3.8) is 0 Å². The van der Waals surface area contributed by atoms with E-state index >= 15 is 0 Å². The van der Waals surface area contributed by atoms with Crippen molar-refractivity contribution in [3.8, 4) is 17.1 Å². The van der Waals surface area contributed by atoms with Crippen LogP contribution in [0.1, 0.15) is 0 Å². The number of aromatic nitrogens is 4. The summed E-state index contributed by atoms with van der Waals surface area (Å²) in [5, 5.41) is 0. The lowest BCUT2D eigenvalue weighted by atomic mass is 10.2. The van der Waals surface area contributed by atoms with Gasteiger partial charge in [-0.1, -0.05) is 12.1 Å². The zero-order chi connectivity index (χ0) is 12.4. The first-order chi connectivity index (χ1) is 8.84. The molecule has 2 aromatic heterocycles. The third kappa shape index (κ3) is 1.82. The minimum atomic E-state index is 0.714. The summed E-state index contributed by atoms with van der Waals surface area (Å²) in [6.07, 6.45) is 8.60. The third-order valence-corrected chi connectivity index (χ3v) is 2.61. The molecule has 88 valence electrons. The lowest BCUT2D eigenvalue weighted by Gasteiger charge is -2.07. The lowest BCUT2D eigenvalue weighted by molar-refractivity contribution is 1.01. The van der Waals surface area contributed by atoms with E-state index < -0.39 is 0 Å². The van der Waals surface area contributed by atoms with Gasteiger partial charge < -0.3 is 5.73 Å². The van der Waals surface area contributed by atoms with E-state index in [1.165, 1.54) is 6.33 Å². The second-order valence-corrected chi connectivity index (χ2v) is 3.84. The minimum absolute atomic E-state index is 0.714. The topological polar surface area (TPSA) is 69.6 Å². The number of rotatable bonds is 2. The van der Waals surface area contributed by atoms with Gasteiger partial charge in [-0.2, -0.15) is 0 Å². The van der Waals surface area contributed by atoms with Gasteiger partial charge in [0.2, 0.25) is 0 Å². The molecule has 3 aromatic rings. The number of nitrogens with zero attached hydrogens (tertiary/aromatic N) is 4. The van der Waals surface area contributed by atoms with Gasteiger partial charge in [0.15, 0.2) is 0 Å². The fraction of sp³-hybridized carbons (Fsp3) is 0. The first-order valence-electron chi connectivity index (χ1n) is 5.49. The Morgan fingerprint density at radius 1 is 1.11 bits per heavy atom. The maximum Gasteiger partial charge on any atom is 0.144 e. The number of nitrogens with two attached hydrogens (primary N) is 1. The Labute approximate surface area is 104 Å². The second-order valence-electron chi connectivity index (χ2n) is 3.84. The van der Waals surface area contributed by atoms with E-state index in [1.807, 2.05) is 35.0 Å². The van der Waals surface area contributed by atoms with Crippen LogP contribution >= 0.6 is 0 Å². The highest BCUT2D eigenvalue weighted by Gasteiger charge is 2.07. The van der Waals surface area contributed by atoms with Crippen molar-refractivity contribution < 1.29 is 0 Å². The summed E-state index contributed by atoms with van der Waals surface area (Å²) < 4.78 is 1.93. The summed E-state index contributed by atoms with van der Waals surface area (Å²) in [6.45, 7) is 0. The molecule has 2 heterocycles. The summed E-state index contributed by atoms with van der Waals surface area (Å²) >= 11 is 0. The van der Waals surface area contributed by atoms with E-state index in [1.54, 1.807) is 18.6 Å². The molecule has 0 amide bonds. The molecule has 0 aliphatic rings. The molecule has 0 saturated heterocycles. The van der Waals surface area contributed by atoms with Gasteiger partial charge in [-0.15, -0.1) is 0 Å². The number of anilines is 1. The number of benzene rings is 1. The van der Waals surface area contributed by atoms with Crippen LogP contribution in [0.3, 0.4) is 0 Å². The van der Waals surface area contributed by atoms with Gasteiger partial charge in [-0.25, -0.2) is 15.0 Å². The summed E-state index contributed by atoms with van der Waals surface area (Å²) in [7, 11) is 0. The van der Waals surface area contributed by atoms with Crippen LogP contribution in [0.15, 0.2) is 55.4 Å². The van der Waals surface area contributed by atoms with Crippen molar-refractivity contribution in [1.82, 2.24) is 19.5 Å². The quantitative estimate of drug-likeness (QED) is 0.691. The van der Waals surface area contributed by atoms with Crippen LogP contribution < -0.4 is 5.73 Å². The highest BCUT2D eigenvalue weighted by Crippen LogP contribution is 2.22.